The molecule has 1 N–H and O–H groups in total. The molecule has 28 heavy (non-hydrogen) atoms. The number of benzene rings is 2. The van der Waals surface area contributed by atoms with Gasteiger partial charge in [0.05, 0.1) is 24.4 Å². The molecule has 0 radical (unpaired) electrons. The van der Waals surface area contributed by atoms with Crippen LogP contribution in [0.4, 0.5) is 4.39 Å². The van der Waals surface area contributed by atoms with Gasteiger partial charge in [-0.25, -0.2) is 9.37 Å². The van der Waals surface area contributed by atoms with E-state index in [-0.39, 0.29) is 30.8 Å². The molecule has 1 aliphatic heterocycles. The van der Waals surface area contributed by atoms with Crippen LogP contribution in [0, 0.1) is 5.82 Å². The number of nitrogens with zero attached hydrogens (tertiary/aromatic N) is 2. The first-order chi connectivity index (χ1) is 13.7. The van der Waals surface area contributed by atoms with Crippen molar-refractivity contribution in [2.24, 2.45) is 0 Å². The molecule has 6 heteroatoms. The number of halogens is 1. The number of aliphatic hydroxyl groups is 1. The number of fused-ring (bicyclic) bond motifs is 1. The van der Waals surface area contributed by atoms with Crippen molar-refractivity contribution in [2.45, 2.75) is 25.3 Å². The number of carbonyl (C=O) groups is 1. The number of oxazole rings is 1. The number of amides is 1. The zero-order chi connectivity index (χ0) is 19.5. The van der Waals surface area contributed by atoms with Crippen molar-refractivity contribution in [1.29, 1.82) is 0 Å². The van der Waals surface area contributed by atoms with Crippen LogP contribution in [0.3, 0.4) is 0 Å². The summed E-state index contributed by atoms with van der Waals surface area (Å²) >= 11 is 0. The average molecular weight is 380 g/mol. The molecule has 4 rings (SSSR count). The highest BCUT2D eigenvalue weighted by molar-refractivity contribution is 5.77. The van der Waals surface area contributed by atoms with E-state index >= 15 is 0 Å². The molecule has 2 heterocycles. The molecule has 1 atom stereocenters. The van der Waals surface area contributed by atoms with Crippen molar-refractivity contribution in [2.75, 3.05) is 13.2 Å². The number of aliphatic hydroxyl groups excluding tert-OH is 1. The topological polar surface area (TPSA) is 66.6 Å². The van der Waals surface area contributed by atoms with Gasteiger partial charge in [-0.15, -0.1) is 0 Å². The lowest BCUT2D eigenvalue weighted by molar-refractivity contribution is -0.135. The maximum absolute atomic E-state index is 13.9. The summed E-state index contributed by atoms with van der Waals surface area (Å²) in [5.41, 5.74) is 2.52. The Labute approximate surface area is 162 Å². The Bertz CT molecular complexity index is 985. The van der Waals surface area contributed by atoms with Crippen LogP contribution in [0.2, 0.25) is 0 Å². The highest BCUT2D eigenvalue weighted by atomic mass is 19.1. The molecule has 0 saturated carbocycles. The van der Waals surface area contributed by atoms with Crippen molar-refractivity contribution < 1.29 is 18.7 Å². The first-order valence-corrected chi connectivity index (χ1v) is 9.35. The van der Waals surface area contributed by atoms with Gasteiger partial charge in [-0.05, 0) is 29.7 Å². The van der Waals surface area contributed by atoms with Gasteiger partial charge in [0, 0.05) is 19.4 Å². The van der Waals surface area contributed by atoms with E-state index in [1.54, 1.807) is 23.1 Å². The summed E-state index contributed by atoms with van der Waals surface area (Å²) in [5, 5.41) is 9.84. The van der Waals surface area contributed by atoms with Gasteiger partial charge in [-0.1, -0.05) is 36.4 Å². The summed E-state index contributed by atoms with van der Waals surface area (Å²) < 4.78 is 19.5. The number of aromatic nitrogens is 1. The summed E-state index contributed by atoms with van der Waals surface area (Å²) in [5.74, 6) is 0.309. The molecule has 0 bridgehead atoms. The van der Waals surface area contributed by atoms with E-state index in [2.05, 4.69) is 4.98 Å². The van der Waals surface area contributed by atoms with Crippen LogP contribution in [0.25, 0.3) is 11.3 Å². The zero-order valence-electron chi connectivity index (χ0n) is 15.3. The second-order valence-corrected chi connectivity index (χ2v) is 6.83. The predicted octanol–water partition coefficient (Wildman–Crippen LogP) is 3.53. The number of carbonyl (C=O) groups excluding carboxylic acids is 1. The fraction of sp³-hybridized carbons (Fsp3) is 0.273. The van der Waals surface area contributed by atoms with Crippen LogP contribution < -0.4 is 0 Å². The van der Waals surface area contributed by atoms with Crippen LogP contribution in [0.15, 0.2) is 59.1 Å². The number of aryl methyl sites for hydroxylation is 1. The van der Waals surface area contributed by atoms with Crippen molar-refractivity contribution in [1.82, 2.24) is 9.88 Å². The van der Waals surface area contributed by atoms with Gasteiger partial charge in [0.2, 0.25) is 5.91 Å². The maximum Gasteiger partial charge on any atom is 0.223 e. The van der Waals surface area contributed by atoms with Gasteiger partial charge in [0.25, 0.3) is 0 Å². The largest absolute Gasteiger partial charge is 0.441 e. The van der Waals surface area contributed by atoms with Gasteiger partial charge in [0.15, 0.2) is 11.7 Å². The normalized spacial score (nSPS) is 16.1. The van der Waals surface area contributed by atoms with E-state index < -0.39 is 0 Å². The summed E-state index contributed by atoms with van der Waals surface area (Å²) in [4.78, 5) is 18.7. The van der Waals surface area contributed by atoms with E-state index in [9.17, 15) is 14.3 Å². The highest BCUT2D eigenvalue weighted by Gasteiger charge is 2.29. The second-order valence-electron chi connectivity index (χ2n) is 6.83. The molecule has 1 amide bonds. The average Bonchev–Trinajstić information content (AvgIpc) is 3.20. The Morgan fingerprint density at radius 3 is 2.82 bits per heavy atom. The predicted molar refractivity (Wildman–Crippen MR) is 102 cm³/mol. The van der Waals surface area contributed by atoms with Crippen molar-refractivity contribution >= 4 is 5.91 Å². The third kappa shape index (κ3) is 3.55. The van der Waals surface area contributed by atoms with Crippen molar-refractivity contribution in [3.05, 3.63) is 77.6 Å². The van der Waals surface area contributed by atoms with Gasteiger partial charge in [0.1, 0.15) is 5.82 Å². The Morgan fingerprint density at radius 1 is 1.21 bits per heavy atom. The second kappa shape index (κ2) is 7.94. The van der Waals surface area contributed by atoms with Crippen LogP contribution in [-0.4, -0.2) is 34.0 Å². The molecule has 144 valence electrons. The summed E-state index contributed by atoms with van der Waals surface area (Å²) in [6, 6.07) is 13.9. The fourth-order valence-corrected chi connectivity index (χ4v) is 3.72. The number of rotatable bonds is 5. The van der Waals surface area contributed by atoms with Crippen LogP contribution in [0.5, 0.6) is 0 Å². The van der Waals surface area contributed by atoms with Crippen molar-refractivity contribution in [3.63, 3.8) is 0 Å². The molecule has 0 aliphatic carbocycles. The smallest absolute Gasteiger partial charge is 0.223 e. The lowest BCUT2D eigenvalue weighted by Gasteiger charge is -2.36. The Hall–Kier alpha value is -2.99. The van der Waals surface area contributed by atoms with Gasteiger partial charge < -0.3 is 14.4 Å². The standard InChI is InChI=1S/C22H21FN2O3/c23-18-8-4-3-7-17(18)20-13-24-21(28-20)9-10-22(27)25-12-11-15-5-1-2-6-16(15)19(25)14-26/h1-8,13,19,26H,9-12,14H2/t19-/m1/s1. The van der Waals surface area contributed by atoms with Gasteiger partial charge in [-0.3, -0.25) is 4.79 Å². The minimum Gasteiger partial charge on any atom is -0.441 e. The fourth-order valence-electron chi connectivity index (χ4n) is 3.72. The molecule has 1 aliphatic rings. The third-order valence-electron chi connectivity index (χ3n) is 5.15. The van der Waals surface area contributed by atoms with E-state index in [4.69, 9.17) is 4.42 Å². The number of hydrogen-bond acceptors (Lipinski definition) is 4. The number of hydrogen-bond donors (Lipinski definition) is 1. The Balaban J connectivity index is 1.43. The summed E-state index contributed by atoms with van der Waals surface area (Å²) in [7, 11) is 0. The van der Waals surface area contributed by atoms with E-state index in [0.29, 0.717) is 30.2 Å². The zero-order valence-corrected chi connectivity index (χ0v) is 15.3. The van der Waals surface area contributed by atoms with E-state index in [1.165, 1.54) is 17.8 Å². The first-order valence-electron chi connectivity index (χ1n) is 9.35. The third-order valence-corrected chi connectivity index (χ3v) is 5.15. The molecule has 2 aromatic carbocycles. The van der Waals surface area contributed by atoms with Crippen LogP contribution in [0.1, 0.15) is 29.5 Å². The lowest BCUT2D eigenvalue weighted by Crippen LogP contribution is -2.41. The molecule has 1 aromatic heterocycles. The van der Waals surface area contributed by atoms with E-state index in [1.807, 2.05) is 24.3 Å². The highest BCUT2D eigenvalue weighted by Crippen LogP contribution is 2.30. The maximum atomic E-state index is 13.9. The molecular formula is C22H21FN2O3. The van der Waals surface area contributed by atoms with Gasteiger partial charge in [-0.2, -0.15) is 0 Å². The quantitative estimate of drug-likeness (QED) is 0.735. The minimum atomic E-state index is -0.376. The lowest BCUT2D eigenvalue weighted by atomic mass is 9.92. The molecule has 0 spiro atoms. The van der Waals surface area contributed by atoms with Crippen LogP contribution in [-0.2, 0) is 17.6 Å². The van der Waals surface area contributed by atoms with E-state index in [0.717, 1.165) is 12.0 Å². The molecular weight excluding hydrogens is 359 g/mol. The minimum absolute atomic E-state index is 0.0563. The summed E-state index contributed by atoms with van der Waals surface area (Å²) in [6.07, 6.45) is 2.79. The molecule has 3 aromatic rings. The molecule has 0 saturated heterocycles. The monoisotopic (exact) mass is 380 g/mol. The van der Waals surface area contributed by atoms with Crippen molar-refractivity contribution in [3.8, 4) is 11.3 Å². The molecule has 0 unspecified atom stereocenters. The summed E-state index contributed by atoms with van der Waals surface area (Å²) in [6.45, 7) is 0.465. The Morgan fingerprint density at radius 2 is 2.00 bits per heavy atom. The first kappa shape index (κ1) is 18.4. The molecule has 0 fully saturated rings. The van der Waals surface area contributed by atoms with Crippen LogP contribution >= 0.6 is 0 Å². The molecule has 5 nitrogen and oxygen atoms in total. The Kier molecular flexibility index (Phi) is 5.21. The SMILES string of the molecule is O=C(CCc1ncc(-c2ccccc2F)o1)N1CCc2ccccc2[C@H]1CO. The van der Waals surface area contributed by atoms with Gasteiger partial charge >= 0.3 is 0 Å².